The van der Waals surface area contributed by atoms with E-state index < -0.39 is 10.0 Å². The molecule has 182 valence electrons. The number of benzene rings is 2. The predicted molar refractivity (Wildman–Crippen MR) is 128 cm³/mol. The third-order valence-electron chi connectivity index (χ3n) is 6.29. The summed E-state index contributed by atoms with van der Waals surface area (Å²) in [5, 5.41) is 7.92. The molecule has 2 aromatic carbocycles. The highest BCUT2D eigenvalue weighted by atomic mass is 32.2. The minimum absolute atomic E-state index is 0.00802. The zero-order chi connectivity index (χ0) is 24.1. The van der Waals surface area contributed by atoms with Gasteiger partial charge in [0.2, 0.25) is 15.9 Å². The number of morpholine rings is 1. The molecule has 0 radical (unpaired) electrons. The molecule has 0 aromatic heterocycles. The van der Waals surface area contributed by atoms with Gasteiger partial charge in [-0.25, -0.2) is 13.6 Å². The van der Waals surface area contributed by atoms with Gasteiger partial charge in [0.25, 0.3) is 5.91 Å². The molecule has 3 N–H and O–H groups in total. The number of sulfonamides is 1. The highest BCUT2D eigenvalue weighted by molar-refractivity contribution is 7.89. The molecule has 0 saturated carbocycles. The van der Waals surface area contributed by atoms with Gasteiger partial charge < -0.3 is 15.0 Å². The van der Waals surface area contributed by atoms with E-state index in [0.717, 1.165) is 38.4 Å². The predicted octanol–water partition coefficient (Wildman–Crippen LogP) is 1.66. The highest BCUT2D eigenvalue weighted by Gasteiger charge is 2.28. The van der Waals surface area contributed by atoms with Gasteiger partial charge in [-0.05, 0) is 54.8 Å². The van der Waals surface area contributed by atoms with Crippen LogP contribution in [0.4, 0.5) is 5.69 Å². The Kier molecular flexibility index (Phi) is 7.62. The van der Waals surface area contributed by atoms with E-state index in [9.17, 15) is 18.0 Å². The minimum Gasteiger partial charge on any atom is -0.379 e. The summed E-state index contributed by atoms with van der Waals surface area (Å²) in [6.45, 7) is 5.08. The first-order chi connectivity index (χ1) is 16.3. The lowest BCUT2D eigenvalue weighted by molar-refractivity contribution is -0.121. The summed E-state index contributed by atoms with van der Waals surface area (Å²) in [5.41, 5.74) is 2.28. The molecule has 0 spiro atoms. The van der Waals surface area contributed by atoms with Crippen molar-refractivity contribution < 1.29 is 22.7 Å². The molecule has 2 amide bonds. The molecule has 2 aliphatic rings. The van der Waals surface area contributed by atoms with E-state index in [1.54, 1.807) is 4.90 Å². The van der Waals surface area contributed by atoms with Gasteiger partial charge in [0.1, 0.15) is 0 Å². The average Bonchev–Trinajstić information content (AvgIpc) is 2.84. The van der Waals surface area contributed by atoms with Gasteiger partial charge in [-0.2, -0.15) is 0 Å². The van der Waals surface area contributed by atoms with E-state index in [1.165, 1.54) is 24.3 Å². The van der Waals surface area contributed by atoms with Crippen molar-refractivity contribution in [3.63, 3.8) is 0 Å². The minimum atomic E-state index is -3.77. The second kappa shape index (κ2) is 10.6. The second-order valence-corrected chi connectivity index (χ2v) is 10.3. The normalized spacial score (nSPS) is 18.0. The molecule has 2 saturated heterocycles. The van der Waals surface area contributed by atoms with Crippen LogP contribution in [-0.2, 0) is 26.1 Å². The lowest BCUT2D eigenvalue weighted by Crippen LogP contribution is -2.41. The molecule has 4 rings (SSSR count). The first-order valence-corrected chi connectivity index (χ1v) is 13.0. The van der Waals surface area contributed by atoms with E-state index in [4.69, 9.17) is 9.88 Å². The molecule has 0 aliphatic carbocycles. The second-order valence-electron chi connectivity index (χ2n) is 8.71. The largest absolute Gasteiger partial charge is 0.379 e. The van der Waals surface area contributed by atoms with Gasteiger partial charge in [0.05, 0.1) is 18.1 Å². The zero-order valence-electron chi connectivity index (χ0n) is 19.0. The Morgan fingerprint density at radius 1 is 1.00 bits per heavy atom. The summed E-state index contributed by atoms with van der Waals surface area (Å²) in [6.07, 6.45) is 1.14. The number of hydrogen-bond donors (Lipinski definition) is 2. The maximum Gasteiger partial charge on any atom is 0.253 e. The van der Waals surface area contributed by atoms with E-state index in [0.29, 0.717) is 37.2 Å². The number of ether oxygens (including phenoxy) is 1. The summed E-state index contributed by atoms with van der Waals surface area (Å²) in [7, 11) is -3.77. The van der Waals surface area contributed by atoms with Crippen molar-refractivity contribution in [1.82, 2.24) is 9.80 Å². The molecule has 2 fully saturated rings. The monoisotopic (exact) mass is 486 g/mol. The van der Waals surface area contributed by atoms with Crippen LogP contribution in [0.25, 0.3) is 0 Å². The first kappa shape index (κ1) is 24.3. The number of nitrogens with zero attached hydrogens (tertiary/aromatic N) is 2. The molecule has 9 nitrogen and oxygen atoms in total. The Morgan fingerprint density at radius 3 is 2.32 bits per heavy atom. The summed E-state index contributed by atoms with van der Waals surface area (Å²) in [6, 6.07) is 13.5. The van der Waals surface area contributed by atoms with Gasteiger partial charge in [-0.1, -0.05) is 12.1 Å². The van der Waals surface area contributed by atoms with Crippen LogP contribution in [0.2, 0.25) is 0 Å². The fourth-order valence-corrected chi connectivity index (χ4v) is 4.84. The van der Waals surface area contributed by atoms with Crippen LogP contribution in [0.15, 0.2) is 53.4 Å². The van der Waals surface area contributed by atoms with Crippen LogP contribution < -0.4 is 10.5 Å². The SMILES string of the molecule is NS(=O)(=O)c1ccc(NC(=O)C2CCN(C(=O)c3cccc(CN4CCOCC4)c3)CC2)cc1. The van der Waals surface area contributed by atoms with Crippen molar-refractivity contribution >= 4 is 27.5 Å². The smallest absolute Gasteiger partial charge is 0.253 e. The lowest BCUT2D eigenvalue weighted by Gasteiger charge is -2.31. The standard InChI is InChI=1S/C24H30N4O5S/c25-34(31,32)22-6-4-21(5-7-22)26-23(29)19-8-10-28(11-9-19)24(30)20-3-1-2-18(16-20)17-27-12-14-33-15-13-27/h1-7,16,19H,8-15,17H2,(H,26,29)(H2,25,31,32). The maximum atomic E-state index is 13.1. The van der Waals surface area contributed by atoms with E-state index in [1.807, 2.05) is 24.3 Å². The fraction of sp³-hybridized carbons (Fsp3) is 0.417. The number of piperidine rings is 1. The topological polar surface area (TPSA) is 122 Å². The maximum absolute atomic E-state index is 13.1. The number of primary sulfonamides is 1. The number of hydrogen-bond acceptors (Lipinski definition) is 6. The number of rotatable bonds is 6. The van der Waals surface area contributed by atoms with Crippen LogP contribution in [0.1, 0.15) is 28.8 Å². The van der Waals surface area contributed by atoms with Crippen LogP contribution in [0.3, 0.4) is 0 Å². The quantitative estimate of drug-likeness (QED) is 0.640. The third kappa shape index (κ3) is 6.20. The van der Waals surface area contributed by atoms with Gasteiger partial charge in [-0.15, -0.1) is 0 Å². The van der Waals surface area contributed by atoms with Crippen LogP contribution >= 0.6 is 0 Å². The number of carbonyl (C=O) groups excluding carboxylic acids is 2. The number of likely N-dealkylation sites (tertiary alicyclic amines) is 1. The third-order valence-corrected chi connectivity index (χ3v) is 7.22. The van der Waals surface area contributed by atoms with E-state index >= 15 is 0 Å². The molecule has 34 heavy (non-hydrogen) atoms. The van der Waals surface area contributed by atoms with E-state index in [2.05, 4.69) is 10.2 Å². The zero-order valence-corrected chi connectivity index (χ0v) is 19.8. The molecule has 2 heterocycles. The van der Waals surface area contributed by atoms with Gasteiger partial charge in [0.15, 0.2) is 0 Å². The Labute approximate surface area is 199 Å². The molecule has 2 aliphatic heterocycles. The summed E-state index contributed by atoms with van der Waals surface area (Å²) < 4.78 is 28.1. The summed E-state index contributed by atoms with van der Waals surface area (Å²) in [5.74, 6) is -0.362. The molecular weight excluding hydrogens is 456 g/mol. The van der Waals surface area contributed by atoms with Gasteiger partial charge in [0, 0.05) is 49.9 Å². The molecular formula is C24H30N4O5S. The molecule has 0 bridgehead atoms. The van der Waals surface area contributed by atoms with Gasteiger partial charge in [-0.3, -0.25) is 14.5 Å². The van der Waals surface area contributed by atoms with Crippen molar-refractivity contribution in [1.29, 1.82) is 0 Å². The lowest BCUT2D eigenvalue weighted by atomic mass is 9.95. The van der Waals surface area contributed by atoms with Crippen molar-refractivity contribution in [3.05, 3.63) is 59.7 Å². The summed E-state index contributed by atoms with van der Waals surface area (Å²) >= 11 is 0. The van der Waals surface area contributed by atoms with Crippen LogP contribution in [0, 0.1) is 5.92 Å². The van der Waals surface area contributed by atoms with Crippen molar-refractivity contribution in [2.24, 2.45) is 11.1 Å². The highest BCUT2D eigenvalue weighted by Crippen LogP contribution is 2.22. The first-order valence-electron chi connectivity index (χ1n) is 11.4. The summed E-state index contributed by atoms with van der Waals surface area (Å²) in [4.78, 5) is 29.8. The van der Waals surface area contributed by atoms with Crippen molar-refractivity contribution in [2.45, 2.75) is 24.3 Å². The van der Waals surface area contributed by atoms with Crippen molar-refractivity contribution in [3.8, 4) is 0 Å². The van der Waals surface area contributed by atoms with Crippen LogP contribution in [0.5, 0.6) is 0 Å². The fourth-order valence-electron chi connectivity index (χ4n) is 4.32. The Hall–Kier alpha value is -2.79. The molecule has 0 atom stereocenters. The van der Waals surface area contributed by atoms with Crippen molar-refractivity contribution in [2.75, 3.05) is 44.7 Å². The van der Waals surface area contributed by atoms with E-state index in [-0.39, 0.29) is 22.6 Å². The molecule has 0 unspecified atom stereocenters. The molecule has 10 heteroatoms. The number of carbonyl (C=O) groups is 2. The number of nitrogens with one attached hydrogen (secondary N) is 1. The average molecular weight is 487 g/mol. The number of nitrogens with two attached hydrogens (primary N) is 1. The Morgan fingerprint density at radius 2 is 1.68 bits per heavy atom. The van der Waals surface area contributed by atoms with Gasteiger partial charge >= 0.3 is 0 Å². The Balaban J connectivity index is 1.29. The number of anilines is 1. The molecule has 2 aromatic rings. The Bertz CT molecular complexity index is 1120. The number of amides is 2. The van der Waals surface area contributed by atoms with Crippen LogP contribution in [-0.4, -0.2) is 69.4 Å².